The predicted octanol–water partition coefficient (Wildman–Crippen LogP) is 2.94. The summed E-state index contributed by atoms with van der Waals surface area (Å²) in [5.74, 6) is -0.401. The van der Waals surface area contributed by atoms with Crippen LogP contribution in [0.1, 0.15) is 26.3 Å². The maximum atomic E-state index is 12.3. The lowest BCUT2D eigenvalue weighted by Gasteiger charge is -2.44. The molecule has 0 N–H and O–H groups in total. The fraction of sp³-hybridized carbons (Fsp3) is 0.571. The molecule has 0 aromatic heterocycles. The molecule has 0 atom stereocenters. The van der Waals surface area contributed by atoms with Crippen molar-refractivity contribution in [1.29, 1.82) is 0 Å². The number of amides is 3. The van der Waals surface area contributed by atoms with Crippen LogP contribution in [0, 0.1) is 0 Å². The molecule has 30 heavy (non-hydrogen) atoms. The standard InChI is InChI=1S/C21H30ClN3O5/c1-21(2,3)30-19(27)23(4)10-11-25(18(26)12-22)17-13-24(14-17)20(28)29-15-16-8-6-5-7-9-16/h5-9,17H,10-15H2,1-4H3. The number of likely N-dealkylation sites (N-methyl/N-ethyl adjacent to an activating group) is 1. The van der Waals surface area contributed by atoms with Gasteiger partial charge in [0.1, 0.15) is 18.1 Å². The van der Waals surface area contributed by atoms with E-state index in [1.165, 1.54) is 4.90 Å². The van der Waals surface area contributed by atoms with Crippen LogP contribution in [-0.4, -0.2) is 83.5 Å². The minimum Gasteiger partial charge on any atom is -0.445 e. The minimum absolute atomic E-state index is 0.160. The van der Waals surface area contributed by atoms with E-state index in [2.05, 4.69) is 0 Å². The molecular weight excluding hydrogens is 410 g/mol. The number of alkyl halides is 1. The van der Waals surface area contributed by atoms with Gasteiger partial charge in [-0.05, 0) is 26.3 Å². The zero-order valence-corrected chi connectivity index (χ0v) is 18.7. The molecule has 1 fully saturated rings. The number of likely N-dealkylation sites (tertiary alicyclic amines) is 1. The second kappa shape index (κ2) is 10.5. The molecule has 9 heteroatoms. The van der Waals surface area contributed by atoms with Gasteiger partial charge < -0.3 is 24.2 Å². The maximum absolute atomic E-state index is 12.3. The lowest BCUT2D eigenvalue weighted by Crippen LogP contribution is -2.63. The van der Waals surface area contributed by atoms with Gasteiger partial charge in [0.05, 0.1) is 6.04 Å². The van der Waals surface area contributed by atoms with Crippen molar-refractivity contribution in [2.24, 2.45) is 0 Å². The highest BCUT2D eigenvalue weighted by molar-refractivity contribution is 6.27. The number of hydrogen-bond donors (Lipinski definition) is 0. The normalized spacial score (nSPS) is 14.0. The van der Waals surface area contributed by atoms with Gasteiger partial charge in [0.15, 0.2) is 0 Å². The van der Waals surface area contributed by atoms with Crippen molar-refractivity contribution in [3.05, 3.63) is 35.9 Å². The van der Waals surface area contributed by atoms with Gasteiger partial charge in [-0.25, -0.2) is 9.59 Å². The van der Waals surface area contributed by atoms with Crippen molar-refractivity contribution in [2.75, 3.05) is 39.1 Å². The van der Waals surface area contributed by atoms with Crippen molar-refractivity contribution in [2.45, 2.75) is 39.0 Å². The van der Waals surface area contributed by atoms with Crippen molar-refractivity contribution < 1.29 is 23.9 Å². The zero-order valence-electron chi connectivity index (χ0n) is 18.0. The highest BCUT2D eigenvalue weighted by atomic mass is 35.5. The number of ether oxygens (including phenoxy) is 2. The van der Waals surface area contributed by atoms with Crippen LogP contribution in [0.2, 0.25) is 0 Å². The van der Waals surface area contributed by atoms with Gasteiger partial charge in [-0.15, -0.1) is 11.6 Å². The first-order valence-electron chi connectivity index (χ1n) is 9.86. The molecule has 0 radical (unpaired) electrons. The van der Waals surface area contributed by atoms with Crippen LogP contribution < -0.4 is 0 Å². The Bertz CT molecular complexity index is 732. The summed E-state index contributed by atoms with van der Waals surface area (Å²) in [7, 11) is 1.62. The van der Waals surface area contributed by atoms with Gasteiger partial charge >= 0.3 is 12.2 Å². The Morgan fingerprint density at radius 2 is 1.77 bits per heavy atom. The van der Waals surface area contributed by atoms with E-state index in [0.29, 0.717) is 26.2 Å². The molecule has 0 bridgehead atoms. The number of halogens is 1. The molecule has 1 aromatic rings. The van der Waals surface area contributed by atoms with Crippen molar-refractivity contribution in [3.8, 4) is 0 Å². The molecule has 2 rings (SSSR count). The first kappa shape index (κ1) is 23.8. The first-order valence-corrected chi connectivity index (χ1v) is 10.4. The SMILES string of the molecule is CN(CCN(C(=O)CCl)C1CN(C(=O)OCc2ccccc2)C1)C(=O)OC(C)(C)C. The van der Waals surface area contributed by atoms with E-state index < -0.39 is 17.8 Å². The summed E-state index contributed by atoms with van der Waals surface area (Å²) < 4.78 is 10.6. The molecule has 0 saturated carbocycles. The number of benzene rings is 1. The topological polar surface area (TPSA) is 79.4 Å². The van der Waals surface area contributed by atoms with Gasteiger partial charge in [0.2, 0.25) is 5.91 Å². The van der Waals surface area contributed by atoms with E-state index in [4.69, 9.17) is 21.1 Å². The third kappa shape index (κ3) is 7.09. The molecule has 3 amide bonds. The van der Waals surface area contributed by atoms with E-state index in [1.807, 2.05) is 30.3 Å². The predicted molar refractivity (Wildman–Crippen MR) is 113 cm³/mol. The summed E-state index contributed by atoms with van der Waals surface area (Å²) in [6.07, 6.45) is -0.875. The third-order valence-corrected chi connectivity index (χ3v) is 4.81. The van der Waals surface area contributed by atoms with E-state index in [0.717, 1.165) is 5.56 Å². The van der Waals surface area contributed by atoms with Gasteiger partial charge in [-0.3, -0.25) is 4.79 Å². The fourth-order valence-corrected chi connectivity index (χ4v) is 3.04. The number of carbonyl (C=O) groups is 3. The molecule has 1 aliphatic heterocycles. The number of nitrogens with zero attached hydrogens (tertiary/aromatic N) is 3. The monoisotopic (exact) mass is 439 g/mol. The molecule has 0 aliphatic carbocycles. The van der Waals surface area contributed by atoms with Crippen LogP contribution in [0.5, 0.6) is 0 Å². The molecule has 166 valence electrons. The van der Waals surface area contributed by atoms with E-state index in [-0.39, 0.29) is 24.4 Å². The van der Waals surface area contributed by atoms with Gasteiger partial charge in [-0.2, -0.15) is 0 Å². The largest absolute Gasteiger partial charge is 0.445 e. The highest BCUT2D eigenvalue weighted by Crippen LogP contribution is 2.18. The first-order chi connectivity index (χ1) is 14.1. The summed E-state index contributed by atoms with van der Waals surface area (Å²) in [5, 5.41) is 0. The average molecular weight is 440 g/mol. The Kier molecular flexibility index (Phi) is 8.34. The summed E-state index contributed by atoms with van der Waals surface area (Å²) in [4.78, 5) is 41.1. The van der Waals surface area contributed by atoms with Gasteiger partial charge in [-0.1, -0.05) is 30.3 Å². The Hall–Kier alpha value is -2.48. The smallest absolute Gasteiger partial charge is 0.410 e. The summed E-state index contributed by atoms with van der Waals surface area (Å²) in [6, 6.07) is 9.27. The van der Waals surface area contributed by atoms with Crippen LogP contribution >= 0.6 is 11.6 Å². The molecule has 1 aromatic carbocycles. The third-order valence-electron chi connectivity index (χ3n) is 4.58. The molecule has 0 spiro atoms. The quantitative estimate of drug-likeness (QED) is 0.610. The second-order valence-electron chi connectivity index (χ2n) is 8.22. The Morgan fingerprint density at radius 3 is 2.33 bits per heavy atom. The van der Waals surface area contributed by atoms with Crippen molar-refractivity contribution >= 4 is 29.7 Å². The van der Waals surface area contributed by atoms with Crippen LogP contribution in [0.4, 0.5) is 9.59 Å². The zero-order chi connectivity index (χ0) is 22.3. The highest BCUT2D eigenvalue weighted by Gasteiger charge is 2.37. The van der Waals surface area contributed by atoms with Crippen molar-refractivity contribution in [1.82, 2.24) is 14.7 Å². The van der Waals surface area contributed by atoms with E-state index >= 15 is 0 Å². The average Bonchev–Trinajstić information content (AvgIpc) is 2.66. The van der Waals surface area contributed by atoms with Crippen LogP contribution in [0.3, 0.4) is 0 Å². The van der Waals surface area contributed by atoms with Gasteiger partial charge in [0, 0.05) is 33.2 Å². The van der Waals surface area contributed by atoms with Crippen molar-refractivity contribution in [3.63, 3.8) is 0 Å². The number of hydrogen-bond acceptors (Lipinski definition) is 5. The maximum Gasteiger partial charge on any atom is 0.410 e. The number of rotatable bonds is 7. The lowest BCUT2D eigenvalue weighted by molar-refractivity contribution is -0.134. The molecule has 1 saturated heterocycles. The summed E-state index contributed by atoms with van der Waals surface area (Å²) in [5.41, 5.74) is 0.318. The molecule has 1 heterocycles. The van der Waals surface area contributed by atoms with E-state index in [9.17, 15) is 14.4 Å². The molecule has 0 unspecified atom stereocenters. The summed E-state index contributed by atoms with van der Waals surface area (Å²) >= 11 is 5.75. The van der Waals surface area contributed by atoms with Crippen LogP contribution in [0.25, 0.3) is 0 Å². The minimum atomic E-state index is -0.592. The Labute approximate surface area is 182 Å². The lowest BCUT2D eigenvalue weighted by atomic mass is 10.1. The fourth-order valence-electron chi connectivity index (χ4n) is 2.89. The molecular formula is C21H30ClN3O5. The second-order valence-corrected chi connectivity index (χ2v) is 8.49. The number of carbonyl (C=O) groups excluding carboxylic acids is 3. The van der Waals surface area contributed by atoms with Gasteiger partial charge in [0.25, 0.3) is 0 Å². The molecule has 1 aliphatic rings. The Morgan fingerprint density at radius 1 is 1.13 bits per heavy atom. The summed E-state index contributed by atoms with van der Waals surface area (Å²) in [6.45, 7) is 6.92. The van der Waals surface area contributed by atoms with Crippen LogP contribution in [0.15, 0.2) is 30.3 Å². The van der Waals surface area contributed by atoms with E-state index in [1.54, 1.807) is 37.6 Å². The Balaban J connectivity index is 1.82. The molecule has 8 nitrogen and oxygen atoms in total. The van der Waals surface area contributed by atoms with Crippen LogP contribution in [-0.2, 0) is 20.9 Å².